The zero-order valence-corrected chi connectivity index (χ0v) is 16.1. The third-order valence-electron chi connectivity index (χ3n) is 3.24. The van der Waals surface area contributed by atoms with E-state index in [1.165, 1.54) is 14.2 Å². The molecule has 0 saturated heterocycles. The van der Waals surface area contributed by atoms with Gasteiger partial charge in [-0.15, -0.1) is 0 Å². The highest BCUT2D eigenvalue weighted by Gasteiger charge is 2.19. The van der Waals surface area contributed by atoms with E-state index in [9.17, 15) is 14.4 Å². The number of nitrogens with zero attached hydrogens (tertiary/aromatic N) is 1. The molecule has 0 saturated carbocycles. The maximum Gasteiger partial charge on any atom is 0.413 e. The van der Waals surface area contributed by atoms with Crippen molar-refractivity contribution in [2.75, 3.05) is 24.9 Å². The molecule has 0 spiro atoms. The molecule has 0 fully saturated rings. The minimum absolute atomic E-state index is 0.133. The average Bonchev–Trinajstić information content (AvgIpc) is 3.00. The predicted octanol–water partition coefficient (Wildman–Crippen LogP) is 2.82. The topological polar surface area (TPSA) is 129 Å². The molecule has 28 heavy (non-hydrogen) atoms. The summed E-state index contributed by atoms with van der Waals surface area (Å²) in [7, 11) is 2.37. The van der Waals surface area contributed by atoms with Gasteiger partial charge in [-0.1, -0.05) is 5.16 Å². The summed E-state index contributed by atoms with van der Waals surface area (Å²) in [6.07, 6.45) is 0.269. The van der Waals surface area contributed by atoms with Crippen molar-refractivity contribution in [3.8, 4) is 0 Å². The third-order valence-corrected chi connectivity index (χ3v) is 3.24. The normalized spacial score (nSPS) is 11.7. The number of nitrogens with one attached hydrogen (secondary N) is 2. The zero-order chi connectivity index (χ0) is 20.9. The van der Waals surface area contributed by atoms with Crippen LogP contribution >= 0.6 is 0 Å². The Balaban J connectivity index is 2.29. The second-order valence-electron chi connectivity index (χ2n) is 6.57. The molecule has 0 radical (unpaired) electrons. The van der Waals surface area contributed by atoms with E-state index in [1.807, 2.05) is 0 Å². The van der Waals surface area contributed by atoms with Crippen LogP contribution in [0.4, 0.5) is 16.3 Å². The monoisotopic (exact) mass is 391 g/mol. The first-order valence-electron chi connectivity index (χ1n) is 8.17. The van der Waals surface area contributed by atoms with Gasteiger partial charge in [0, 0.05) is 5.69 Å². The Labute approximate surface area is 160 Å². The molecule has 2 aromatic rings. The van der Waals surface area contributed by atoms with E-state index in [2.05, 4.69) is 25.3 Å². The van der Waals surface area contributed by atoms with Crippen molar-refractivity contribution in [2.24, 2.45) is 0 Å². The Hall–Kier alpha value is -3.56. The number of carbonyl (C=O) groups excluding carboxylic acids is 3. The number of esters is 2. The van der Waals surface area contributed by atoms with Crippen LogP contribution in [0.2, 0.25) is 0 Å². The van der Waals surface area contributed by atoms with Gasteiger partial charge in [-0.05, 0) is 39.0 Å². The summed E-state index contributed by atoms with van der Waals surface area (Å²) in [6.45, 7) is 5.20. The molecule has 2 N–H and O–H groups in total. The molecule has 0 bridgehead atoms. The minimum Gasteiger partial charge on any atom is -0.466 e. The highest BCUT2D eigenvalue weighted by atomic mass is 16.6. The van der Waals surface area contributed by atoms with Crippen LogP contribution in [0.1, 0.15) is 20.8 Å². The average molecular weight is 391 g/mol. The summed E-state index contributed by atoms with van der Waals surface area (Å²) >= 11 is 0. The van der Waals surface area contributed by atoms with Crippen LogP contribution < -0.4 is 10.6 Å². The number of benzene rings is 1. The molecule has 0 aliphatic heterocycles. The summed E-state index contributed by atoms with van der Waals surface area (Å²) in [5, 5.41) is 9.53. The van der Waals surface area contributed by atoms with Gasteiger partial charge in [0.2, 0.25) is 0 Å². The summed E-state index contributed by atoms with van der Waals surface area (Å²) < 4.78 is 19.5. The van der Waals surface area contributed by atoms with Gasteiger partial charge in [0.1, 0.15) is 11.3 Å². The highest BCUT2D eigenvalue weighted by molar-refractivity contribution is 6.01. The van der Waals surface area contributed by atoms with Gasteiger partial charge in [-0.3, -0.25) is 5.32 Å². The molecule has 0 aliphatic carbocycles. The molecular formula is C18H21N3O7. The highest BCUT2D eigenvalue weighted by Crippen LogP contribution is 2.27. The van der Waals surface area contributed by atoms with Crippen molar-refractivity contribution in [2.45, 2.75) is 26.4 Å². The van der Waals surface area contributed by atoms with Gasteiger partial charge in [0.15, 0.2) is 11.4 Å². The molecule has 0 aliphatic rings. The van der Waals surface area contributed by atoms with E-state index in [0.29, 0.717) is 16.7 Å². The molecule has 1 amide bonds. The summed E-state index contributed by atoms with van der Waals surface area (Å²) in [4.78, 5) is 35.3. The van der Waals surface area contributed by atoms with E-state index in [1.54, 1.807) is 39.0 Å². The lowest BCUT2D eigenvalue weighted by atomic mass is 10.2. The molecule has 150 valence electrons. The number of aromatic nitrogens is 1. The van der Waals surface area contributed by atoms with E-state index in [-0.39, 0.29) is 11.5 Å². The molecule has 0 atom stereocenters. The Morgan fingerprint density at radius 1 is 1.11 bits per heavy atom. The molecule has 1 heterocycles. The van der Waals surface area contributed by atoms with Crippen LogP contribution in [0.3, 0.4) is 0 Å². The lowest BCUT2D eigenvalue weighted by Gasteiger charge is -2.19. The SMILES string of the molecule is COC(=O)/C=C(/Nc1ccc2onc(NC(=O)OC(C)(C)C)c2c1)C(=O)OC. The first-order valence-corrected chi connectivity index (χ1v) is 8.17. The summed E-state index contributed by atoms with van der Waals surface area (Å²) in [5.41, 5.74) is 0.00761. The van der Waals surface area contributed by atoms with Crippen molar-refractivity contribution in [1.29, 1.82) is 0 Å². The zero-order valence-electron chi connectivity index (χ0n) is 16.1. The molecule has 2 rings (SSSR count). The van der Waals surface area contributed by atoms with Gasteiger partial charge in [-0.25, -0.2) is 14.4 Å². The van der Waals surface area contributed by atoms with Crippen LogP contribution in [0.15, 0.2) is 34.5 Å². The summed E-state index contributed by atoms with van der Waals surface area (Å²) in [5.74, 6) is -1.35. The Morgan fingerprint density at radius 2 is 1.82 bits per heavy atom. The fraction of sp³-hybridized carbons (Fsp3) is 0.333. The second kappa shape index (κ2) is 8.42. The molecule has 1 aromatic carbocycles. The minimum atomic E-state index is -0.761. The van der Waals surface area contributed by atoms with E-state index >= 15 is 0 Å². The fourth-order valence-electron chi connectivity index (χ4n) is 2.10. The first-order chi connectivity index (χ1) is 13.1. The van der Waals surface area contributed by atoms with Gasteiger partial charge >= 0.3 is 18.0 Å². The van der Waals surface area contributed by atoms with Gasteiger partial charge < -0.3 is 24.1 Å². The van der Waals surface area contributed by atoms with Crippen molar-refractivity contribution in [3.05, 3.63) is 30.0 Å². The standard InChI is InChI=1S/C18H21N3O7/c1-18(2,3)27-17(24)20-15-11-8-10(6-7-13(11)28-21-15)19-12(16(23)26-5)9-14(22)25-4/h6-9,19H,1-5H3,(H,20,21,24)/b12-9+. The number of carbonyl (C=O) groups is 3. The van der Waals surface area contributed by atoms with Crippen LogP contribution in [0.5, 0.6) is 0 Å². The Kier molecular flexibility index (Phi) is 6.24. The quantitative estimate of drug-likeness (QED) is 0.449. The van der Waals surface area contributed by atoms with Gasteiger partial charge in [0.25, 0.3) is 0 Å². The van der Waals surface area contributed by atoms with Crippen LogP contribution in [-0.4, -0.2) is 43.0 Å². The van der Waals surface area contributed by atoms with Crippen molar-refractivity contribution < 1.29 is 33.1 Å². The smallest absolute Gasteiger partial charge is 0.413 e. The number of hydrogen-bond acceptors (Lipinski definition) is 9. The number of amides is 1. The number of methoxy groups -OCH3 is 2. The summed E-state index contributed by atoms with van der Waals surface area (Å²) in [6, 6.07) is 4.75. The van der Waals surface area contributed by atoms with Crippen LogP contribution in [-0.2, 0) is 23.8 Å². The van der Waals surface area contributed by atoms with Crippen LogP contribution in [0, 0.1) is 0 Å². The first kappa shape index (κ1) is 20.7. The molecule has 0 unspecified atom stereocenters. The second-order valence-corrected chi connectivity index (χ2v) is 6.57. The molecule has 10 heteroatoms. The van der Waals surface area contributed by atoms with Crippen molar-refractivity contribution in [1.82, 2.24) is 5.16 Å². The number of ether oxygens (including phenoxy) is 3. The van der Waals surface area contributed by atoms with Crippen molar-refractivity contribution >= 4 is 40.5 Å². The van der Waals surface area contributed by atoms with Crippen molar-refractivity contribution in [3.63, 3.8) is 0 Å². The maximum atomic E-state index is 12.0. The predicted molar refractivity (Wildman–Crippen MR) is 99.6 cm³/mol. The third kappa shape index (κ3) is 5.47. The van der Waals surface area contributed by atoms with Crippen LogP contribution in [0.25, 0.3) is 11.0 Å². The number of rotatable bonds is 5. The molecule has 1 aromatic heterocycles. The van der Waals surface area contributed by atoms with Gasteiger partial charge in [-0.2, -0.15) is 0 Å². The number of anilines is 2. The molecule has 10 nitrogen and oxygen atoms in total. The van der Waals surface area contributed by atoms with E-state index < -0.39 is 23.6 Å². The fourth-order valence-corrected chi connectivity index (χ4v) is 2.10. The van der Waals surface area contributed by atoms with E-state index in [4.69, 9.17) is 9.26 Å². The Bertz CT molecular complexity index is 925. The lowest BCUT2D eigenvalue weighted by molar-refractivity contribution is -0.138. The maximum absolute atomic E-state index is 12.0. The molecular weight excluding hydrogens is 370 g/mol. The number of hydrogen-bond donors (Lipinski definition) is 2. The number of fused-ring (bicyclic) bond motifs is 1. The van der Waals surface area contributed by atoms with Gasteiger partial charge in [0.05, 0.1) is 25.7 Å². The van der Waals surface area contributed by atoms with E-state index in [0.717, 1.165) is 6.08 Å². The largest absolute Gasteiger partial charge is 0.466 e. The Morgan fingerprint density at radius 3 is 2.43 bits per heavy atom. The lowest BCUT2D eigenvalue weighted by Crippen LogP contribution is -2.27.